The molecule has 0 unspecified atom stereocenters. The van der Waals surface area contributed by atoms with Crippen LogP contribution in [0.3, 0.4) is 0 Å². The topological polar surface area (TPSA) is 225 Å². The fourth-order valence-electron chi connectivity index (χ4n) is 4.66. The van der Waals surface area contributed by atoms with E-state index in [-0.39, 0.29) is 43.9 Å². The van der Waals surface area contributed by atoms with Crippen molar-refractivity contribution in [1.82, 2.24) is 20.5 Å². The molecule has 0 radical (unpaired) electrons. The molecule has 0 aliphatic heterocycles. The molecule has 0 spiro atoms. The van der Waals surface area contributed by atoms with Crippen molar-refractivity contribution in [2.24, 2.45) is 17.2 Å². The van der Waals surface area contributed by atoms with Crippen LogP contribution in [0.25, 0.3) is 10.9 Å². The first-order valence-electron chi connectivity index (χ1n) is 15.2. The fourth-order valence-corrected chi connectivity index (χ4v) is 4.66. The van der Waals surface area contributed by atoms with Crippen molar-refractivity contribution in [3.8, 4) is 0 Å². The van der Waals surface area contributed by atoms with E-state index in [9.17, 15) is 37.1 Å². The number of halogens is 3. The SMILES string of the molecule is CC(=O)OC[C@@H](N)C(=O)N[C@@H](CC(=O)N(CCN)CCN)C(=O)N[C@@H](Cc1ccc(C(F)(F)F)cc1)C(=O)Nc1cnc2ccccc2c1. The molecule has 264 valence electrons. The molecule has 3 atom stereocenters. The Bertz CT molecular complexity index is 1620. The smallest absolute Gasteiger partial charge is 0.416 e. The van der Waals surface area contributed by atoms with Gasteiger partial charge in [0.25, 0.3) is 0 Å². The molecule has 14 nitrogen and oxygen atoms in total. The molecule has 0 saturated heterocycles. The van der Waals surface area contributed by atoms with Gasteiger partial charge in [-0.3, -0.25) is 29.0 Å². The number of fused-ring (bicyclic) bond motifs is 1. The quantitative estimate of drug-likeness (QED) is 0.114. The molecule has 9 N–H and O–H groups in total. The van der Waals surface area contributed by atoms with Crippen molar-refractivity contribution in [3.63, 3.8) is 0 Å². The number of rotatable bonds is 16. The highest BCUT2D eigenvalue weighted by Crippen LogP contribution is 2.29. The average molecular weight is 689 g/mol. The Hall–Kier alpha value is -5.13. The number of nitrogens with one attached hydrogen (secondary N) is 3. The van der Waals surface area contributed by atoms with Crippen LogP contribution in [0.4, 0.5) is 18.9 Å². The van der Waals surface area contributed by atoms with Crippen molar-refractivity contribution in [3.05, 3.63) is 71.9 Å². The van der Waals surface area contributed by atoms with Gasteiger partial charge in [-0.2, -0.15) is 13.2 Å². The van der Waals surface area contributed by atoms with Gasteiger partial charge in [0.15, 0.2) is 0 Å². The lowest BCUT2D eigenvalue weighted by atomic mass is 10.0. The molecule has 1 aromatic heterocycles. The van der Waals surface area contributed by atoms with E-state index in [4.69, 9.17) is 21.9 Å². The highest BCUT2D eigenvalue weighted by Gasteiger charge is 2.33. The lowest BCUT2D eigenvalue weighted by molar-refractivity contribution is -0.143. The van der Waals surface area contributed by atoms with Gasteiger partial charge in [-0.15, -0.1) is 0 Å². The third-order valence-electron chi connectivity index (χ3n) is 7.18. The first kappa shape index (κ1) is 38.3. The van der Waals surface area contributed by atoms with Gasteiger partial charge in [0.2, 0.25) is 23.6 Å². The summed E-state index contributed by atoms with van der Waals surface area (Å²) in [5.41, 5.74) is 17.3. The number of ether oxygens (including phenoxy) is 1. The van der Waals surface area contributed by atoms with Crippen LogP contribution in [0, 0.1) is 0 Å². The number of para-hydroxylation sites is 1. The van der Waals surface area contributed by atoms with Crippen LogP contribution in [0.15, 0.2) is 60.8 Å². The van der Waals surface area contributed by atoms with Gasteiger partial charge >= 0.3 is 12.1 Å². The zero-order valence-electron chi connectivity index (χ0n) is 26.7. The van der Waals surface area contributed by atoms with Crippen molar-refractivity contribution in [2.75, 3.05) is 38.1 Å². The molecule has 0 fully saturated rings. The molecule has 0 bridgehead atoms. The number of nitrogens with zero attached hydrogens (tertiary/aromatic N) is 2. The van der Waals surface area contributed by atoms with Gasteiger partial charge in [0.1, 0.15) is 24.7 Å². The molecule has 0 aliphatic carbocycles. The molecule has 3 aromatic rings. The summed E-state index contributed by atoms with van der Waals surface area (Å²) in [5, 5.41) is 8.25. The molecule has 4 amide bonds. The maximum absolute atomic E-state index is 13.7. The summed E-state index contributed by atoms with van der Waals surface area (Å²) in [7, 11) is 0. The lowest BCUT2D eigenvalue weighted by Crippen LogP contribution is -2.57. The number of esters is 1. The minimum absolute atomic E-state index is 0.0845. The Morgan fingerprint density at radius 1 is 0.898 bits per heavy atom. The van der Waals surface area contributed by atoms with Crippen LogP contribution in [-0.4, -0.2) is 90.4 Å². The monoisotopic (exact) mass is 688 g/mol. The number of anilines is 1. The number of hydrogen-bond acceptors (Lipinski definition) is 10. The summed E-state index contributed by atoms with van der Waals surface area (Å²) in [5.74, 6) is -3.99. The van der Waals surface area contributed by atoms with Crippen LogP contribution < -0.4 is 33.2 Å². The minimum Gasteiger partial charge on any atom is -0.464 e. The highest BCUT2D eigenvalue weighted by molar-refractivity contribution is 6.00. The average Bonchev–Trinajstić information content (AvgIpc) is 3.06. The van der Waals surface area contributed by atoms with E-state index in [0.29, 0.717) is 10.9 Å². The second-order valence-corrected chi connectivity index (χ2v) is 11.0. The Morgan fingerprint density at radius 2 is 1.53 bits per heavy atom. The van der Waals surface area contributed by atoms with E-state index in [0.717, 1.165) is 19.1 Å². The summed E-state index contributed by atoms with van der Waals surface area (Å²) >= 11 is 0. The molecule has 1 heterocycles. The summed E-state index contributed by atoms with van der Waals surface area (Å²) in [6, 6.07) is 8.36. The second-order valence-electron chi connectivity index (χ2n) is 11.0. The van der Waals surface area contributed by atoms with Gasteiger partial charge in [-0.1, -0.05) is 30.3 Å². The van der Waals surface area contributed by atoms with E-state index >= 15 is 0 Å². The van der Waals surface area contributed by atoms with Crippen molar-refractivity contribution in [2.45, 2.75) is 44.1 Å². The molecule has 0 saturated carbocycles. The van der Waals surface area contributed by atoms with Gasteiger partial charge in [-0.05, 0) is 29.8 Å². The zero-order valence-corrected chi connectivity index (χ0v) is 26.7. The number of alkyl halides is 3. The first-order valence-corrected chi connectivity index (χ1v) is 15.2. The van der Waals surface area contributed by atoms with Gasteiger partial charge in [-0.25, -0.2) is 0 Å². The number of pyridine rings is 1. The Balaban J connectivity index is 1.91. The highest BCUT2D eigenvalue weighted by atomic mass is 19.4. The largest absolute Gasteiger partial charge is 0.464 e. The maximum Gasteiger partial charge on any atom is 0.416 e. The maximum atomic E-state index is 13.7. The number of carbonyl (C=O) groups is 5. The summed E-state index contributed by atoms with van der Waals surface area (Å²) in [4.78, 5) is 70.2. The normalized spacial score (nSPS) is 13.1. The second kappa shape index (κ2) is 17.9. The first-order chi connectivity index (χ1) is 23.2. The summed E-state index contributed by atoms with van der Waals surface area (Å²) in [6.07, 6.45) is -4.07. The van der Waals surface area contributed by atoms with Crippen molar-refractivity contribution >= 4 is 46.2 Å². The minimum atomic E-state index is -4.59. The molecular formula is C32H39F3N8O6. The summed E-state index contributed by atoms with van der Waals surface area (Å²) < 4.78 is 44.3. The molecule has 17 heteroatoms. The number of hydrogen-bond donors (Lipinski definition) is 6. The van der Waals surface area contributed by atoms with Gasteiger partial charge < -0.3 is 42.8 Å². The number of benzene rings is 2. The van der Waals surface area contributed by atoms with E-state index in [1.54, 1.807) is 30.3 Å². The lowest BCUT2D eigenvalue weighted by Gasteiger charge is -2.27. The third kappa shape index (κ3) is 11.8. The number of amides is 4. The van der Waals surface area contributed by atoms with Crippen molar-refractivity contribution in [1.29, 1.82) is 0 Å². The number of carbonyl (C=O) groups excluding carboxylic acids is 5. The Morgan fingerprint density at radius 3 is 2.14 bits per heavy atom. The number of aromatic nitrogens is 1. The summed E-state index contributed by atoms with van der Waals surface area (Å²) in [6.45, 7) is 0.960. The van der Waals surface area contributed by atoms with E-state index in [1.165, 1.54) is 23.2 Å². The predicted octanol–water partition coefficient (Wildman–Crippen LogP) is 0.431. The van der Waals surface area contributed by atoms with E-state index in [2.05, 4.69) is 20.9 Å². The van der Waals surface area contributed by atoms with E-state index < -0.39 is 72.5 Å². The number of nitrogens with two attached hydrogens (primary N) is 3. The van der Waals surface area contributed by atoms with Crippen LogP contribution in [-0.2, 0) is 41.3 Å². The van der Waals surface area contributed by atoms with Crippen LogP contribution in [0.2, 0.25) is 0 Å². The molecule has 0 aliphatic rings. The third-order valence-corrected chi connectivity index (χ3v) is 7.18. The van der Waals surface area contributed by atoms with E-state index in [1.807, 2.05) is 0 Å². The van der Waals surface area contributed by atoms with Crippen LogP contribution >= 0.6 is 0 Å². The zero-order chi connectivity index (χ0) is 36.1. The van der Waals surface area contributed by atoms with Gasteiger partial charge in [0.05, 0.1) is 29.4 Å². The molecule has 49 heavy (non-hydrogen) atoms. The molecular weight excluding hydrogens is 649 g/mol. The molecule has 2 aromatic carbocycles. The Kier molecular flexibility index (Phi) is 14.0. The Labute approximate surface area is 279 Å². The van der Waals surface area contributed by atoms with Crippen LogP contribution in [0.1, 0.15) is 24.5 Å². The molecule has 3 rings (SSSR count). The van der Waals surface area contributed by atoms with Gasteiger partial charge in [0, 0.05) is 44.9 Å². The van der Waals surface area contributed by atoms with Crippen molar-refractivity contribution < 1.29 is 41.9 Å². The van der Waals surface area contributed by atoms with Crippen LogP contribution in [0.5, 0.6) is 0 Å². The predicted molar refractivity (Wildman–Crippen MR) is 173 cm³/mol. The fraction of sp³-hybridized carbons (Fsp3) is 0.375. The standard InChI is InChI=1S/C32H39F3N8O6/c1-19(44)49-18-24(38)29(46)41-27(16-28(45)43(12-10-36)13-11-37)31(48)42-26(14-20-6-8-22(9-7-20)32(33,34)35)30(47)40-23-15-21-4-2-3-5-25(21)39-17-23/h2-9,15,17,24,26-27H,10-14,16,18,36-38H2,1H3,(H,40,47)(H,41,46)(H,42,48)/t24-,26+,27+/m1/s1.